The molecule has 0 atom stereocenters. The summed E-state index contributed by atoms with van der Waals surface area (Å²) in [4.78, 5) is 0. The van der Waals surface area contributed by atoms with Gasteiger partial charge in [0, 0.05) is 5.54 Å². The van der Waals surface area contributed by atoms with Crippen LogP contribution in [-0.2, 0) is 5.54 Å². The summed E-state index contributed by atoms with van der Waals surface area (Å²) in [7, 11) is 1.68. The van der Waals surface area contributed by atoms with E-state index in [0.29, 0.717) is 0 Å². The standard InChI is InChI=1S/C12H17NO/c1-14-11-6-4-10(5-7-11)12(13)8-2-3-9-12/h4-7H,2-3,8-9,13H2,1H3. The maximum Gasteiger partial charge on any atom is 0.118 e. The van der Waals surface area contributed by atoms with E-state index in [2.05, 4.69) is 12.1 Å². The molecule has 2 rings (SSSR count). The molecular formula is C12H17NO. The van der Waals surface area contributed by atoms with E-state index in [4.69, 9.17) is 10.5 Å². The third-order valence-electron chi connectivity index (χ3n) is 3.16. The zero-order chi connectivity index (χ0) is 10.0. The van der Waals surface area contributed by atoms with Gasteiger partial charge in [0.15, 0.2) is 0 Å². The lowest BCUT2D eigenvalue weighted by Gasteiger charge is -2.24. The fraction of sp³-hybridized carbons (Fsp3) is 0.500. The Morgan fingerprint density at radius 3 is 2.21 bits per heavy atom. The number of ether oxygens (including phenoxy) is 1. The molecule has 0 unspecified atom stereocenters. The van der Waals surface area contributed by atoms with Crippen molar-refractivity contribution in [2.24, 2.45) is 5.73 Å². The van der Waals surface area contributed by atoms with Crippen LogP contribution in [0, 0.1) is 0 Å². The summed E-state index contributed by atoms with van der Waals surface area (Å²) in [6.07, 6.45) is 4.73. The highest BCUT2D eigenvalue weighted by Gasteiger charge is 2.30. The Labute approximate surface area is 85.1 Å². The fourth-order valence-electron chi connectivity index (χ4n) is 2.22. The van der Waals surface area contributed by atoms with Crippen LogP contribution in [0.3, 0.4) is 0 Å². The molecule has 0 aromatic heterocycles. The number of benzene rings is 1. The van der Waals surface area contributed by atoms with E-state index in [-0.39, 0.29) is 5.54 Å². The lowest BCUT2D eigenvalue weighted by molar-refractivity contribution is 0.412. The average Bonchev–Trinajstić information content (AvgIpc) is 2.67. The first-order valence-electron chi connectivity index (χ1n) is 5.18. The lowest BCUT2D eigenvalue weighted by atomic mass is 9.89. The average molecular weight is 191 g/mol. The predicted octanol–water partition coefficient (Wildman–Crippen LogP) is 2.42. The highest BCUT2D eigenvalue weighted by atomic mass is 16.5. The van der Waals surface area contributed by atoms with Crippen LogP contribution in [-0.4, -0.2) is 7.11 Å². The van der Waals surface area contributed by atoms with Gasteiger partial charge in [-0.2, -0.15) is 0 Å². The van der Waals surface area contributed by atoms with Crippen LogP contribution in [0.1, 0.15) is 31.2 Å². The molecule has 2 N–H and O–H groups in total. The topological polar surface area (TPSA) is 35.2 Å². The van der Waals surface area contributed by atoms with Crippen molar-refractivity contribution in [2.75, 3.05) is 7.11 Å². The predicted molar refractivity (Wildman–Crippen MR) is 57.3 cm³/mol. The number of hydrogen-bond acceptors (Lipinski definition) is 2. The molecule has 0 aliphatic heterocycles. The van der Waals surface area contributed by atoms with Crippen molar-refractivity contribution in [3.63, 3.8) is 0 Å². The molecule has 0 heterocycles. The van der Waals surface area contributed by atoms with Crippen LogP contribution in [0.25, 0.3) is 0 Å². The van der Waals surface area contributed by atoms with Crippen molar-refractivity contribution in [1.29, 1.82) is 0 Å². The van der Waals surface area contributed by atoms with Crippen LogP contribution in [0.4, 0.5) is 0 Å². The fourth-order valence-corrected chi connectivity index (χ4v) is 2.22. The van der Waals surface area contributed by atoms with Crippen LogP contribution in [0.5, 0.6) is 5.75 Å². The number of hydrogen-bond donors (Lipinski definition) is 1. The van der Waals surface area contributed by atoms with E-state index in [9.17, 15) is 0 Å². The largest absolute Gasteiger partial charge is 0.497 e. The zero-order valence-electron chi connectivity index (χ0n) is 8.62. The first-order chi connectivity index (χ1) is 6.74. The SMILES string of the molecule is COc1ccc(C2(N)CCCC2)cc1. The summed E-state index contributed by atoms with van der Waals surface area (Å²) >= 11 is 0. The third kappa shape index (κ3) is 1.62. The summed E-state index contributed by atoms with van der Waals surface area (Å²) in [5.41, 5.74) is 7.50. The van der Waals surface area contributed by atoms with Gasteiger partial charge in [-0.25, -0.2) is 0 Å². The summed E-state index contributed by atoms with van der Waals surface area (Å²) in [5.74, 6) is 0.898. The van der Waals surface area contributed by atoms with Crippen molar-refractivity contribution >= 4 is 0 Å². The maximum absolute atomic E-state index is 6.33. The molecule has 1 saturated carbocycles. The molecule has 0 amide bonds. The maximum atomic E-state index is 6.33. The van der Waals surface area contributed by atoms with E-state index in [0.717, 1.165) is 18.6 Å². The second kappa shape index (κ2) is 3.62. The zero-order valence-corrected chi connectivity index (χ0v) is 8.62. The molecule has 14 heavy (non-hydrogen) atoms. The number of nitrogens with two attached hydrogens (primary N) is 1. The Bertz CT molecular complexity index is 299. The molecule has 0 bridgehead atoms. The Hall–Kier alpha value is -1.02. The van der Waals surface area contributed by atoms with Gasteiger partial charge in [0.25, 0.3) is 0 Å². The number of methoxy groups -OCH3 is 1. The minimum Gasteiger partial charge on any atom is -0.497 e. The van der Waals surface area contributed by atoms with E-state index in [1.54, 1.807) is 7.11 Å². The molecular weight excluding hydrogens is 174 g/mol. The minimum absolute atomic E-state index is 0.0771. The first-order valence-corrected chi connectivity index (χ1v) is 5.18. The van der Waals surface area contributed by atoms with Crippen LogP contribution < -0.4 is 10.5 Å². The van der Waals surface area contributed by atoms with Gasteiger partial charge in [0.05, 0.1) is 7.11 Å². The second-order valence-corrected chi connectivity index (χ2v) is 4.09. The van der Waals surface area contributed by atoms with Crippen molar-refractivity contribution in [2.45, 2.75) is 31.2 Å². The first kappa shape index (κ1) is 9.53. The molecule has 1 aromatic carbocycles. The monoisotopic (exact) mass is 191 g/mol. The van der Waals surface area contributed by atoms with Crippen molar-refractivity contribution in [1.82, 2.24) is 0 Å². The van der Waals surface area contributed by atoms with E-state index >= 15 is 0 Å². The summed E-state index contributed by atoms with van der Waals surface area (Å²) < 4.78 is 5.12. The van der Waals surface area contributed by atoms with Crippen LogP contribution in [0.2, 0.25) is 0 Å². The molecule has 2 nitrogen and oxygen atoms in total. The van der Waals surface area contributed by atoms with Crippen molar-refractivity contribution < 1.29 is 4.74 Å². The summed E-state index contributed by atoms with van der Waals surface area (Å²) in [6.45, 7) is 0. The van der Waals surface area contributed by atoms with Crippen LogP contribution >= 0.6 is 0 Å². The van der Waals surface area contributed by atoms with E-state index in [1.165, 1.54) is 18.4 Å². The molecule has 1 fully saturated rings. The van der Waals surface area contributed by atoms with E-state index in [1.807, 2.05) is 12.1 Å². The molecule has 0 spiro atoms. The quantitative estimate of drug-likeness (QED) is 0.779. The smallest absolute Gasteiger partial charge is 0.118 e. The molecule has 76 valence electrons. The Balaban J connectivity index is 2.23. The Kier molecular flexibility index (Phi) is 2.46. The van der Waals surface area contributed by atoms with Gasteiger partial charge in [0.1, 0.15) is 5.75 Å². The Morgan fingerprint density at radius 1 is 1.14 bits per heavy atom. The molecule has 1 aromatic rings. The normalized spacial score (nSPS) is 19.6. The van der Waals surface area contributed by atoms with Gasteiger partial charge >= 0.3 is 0 Å². The summed E-state index contributed by atoms with van der Waals surface area (Å²) in [6, 6.07) is 8.15. The highest BCUT2D eigenvalue weighted by molar-refractivity contribution is 5.32. The van der Waals surface area contributed by atoms with Crippen LogP contribution in [0.15, 0.2) is 24.3 Å². The van der Waals surface area contributed by atoms with Gasteiger partial charge < -0.3 is 10.5 Å². The Morgan fingerprint density at radius 2 is 1.71 bits per heavy atom. The molecule has 2 heteroatoms. The summed E-state index contributed by atoms with van der Waals surface area (Å²) in [5, 5.41) is 0. The lowest BCUT2D eigenvalue weighted by Crippen LogP contribution is -2.32. The van der Waals surface area contributed by atoms with Gasteiger partial charge in [0.2, 0.25) is 0 Å². The van der Waals surface area contributed by atoms with E-state index < -0.39 is 0 Å². The molecule has 1 aliphatic carbocycles. The molecule has 0 saturated heterocycles. The molecule has 1 aliphatic rings. The number of rotatable bonds is 2. The van der Waals surface area contributed by atoms with Gasteiger partial charge in [-0.3, -0.25) is 0 Å². The van der Waals surface area contributed by atoms with Crippen molar-refractivity contribution in [3.05, 3.63) is 29.8 Å². The van der Waals surface area contributed by atoms with Gasteiger partial charge in [-0.05, 0) is 30.5 Å². The second-order valence-electron chi connectivity index (χ2n) is 4.09. The van der Waals surface area contributed by atoms with Crippen molar-refractivity contribution in [3.8, 4) is 5.75 Å². The molecule has 0 radical (unpaired) electrons. The minimum atomic E-state index is -0.0771. The highest BCUT2D eigenvalue weighted by Crippen LogP contribution is 2.36. The van der Waals surface area contributed by atoms with Gasteiger partial charge in [-0.1, -0.05) is 25.0 Å². The third-order valence-corrected chi connectivity index (χ3v) is 3.16. The van der Waals surface area contributed by atoms with Gasteiger partial charge in [-0.15, -0.1) is 0 Å².